The third-order valence-corrected chi connectivity index (χ3v) is 14.0. The maximum atomic E-state index is 12.5. The summed E-state index contributed by atoms with van der Waals surface area (Å²) in [6, 6.07) is 64.5. The van der Waals surface area contributed by atoms with Gasteiger partial charge in [-0.25, -0.2) is 4.98 Å². The molecule has 0 unspecified atom stereocenters. The summed E-state index contributed by atoms with van der Waals surface area (Å²) in [4.78, 5) is 11.1. The number of aromatic hydroxyl groups is 1. The number of phenols is 1. The molecule has 0 aliphatic heterocycles. The van der Waals surface area contributed by atoms with Gasteiger partial charge in [-0.1, -0.05) is 168 Å². The molecule has 8 aromatic carbocycles. The first-order chi connectivity index (χ1) is 33.1. The second kappa shape index (κ2) is 17.7. The summed E-state index contributed by atoms with van der Waals surface area (Å²) in [6.45, 7) is 19.7. The van der Waals surface area contributed by atoms with Gasteiger partial charge in [-0.2, -0.15) is 0 Å². The topological polar surface area (TPSA) is 51.1 Å². The summed E-state index contributed by atoms with van der Waals surface area (Å²) >= 11 is 0. The molecule has 11 rings (SSSR count). The number of benzene rings is 8. The van der Waals surface area contributed by atoms with Gasteiger partial charge in [-0.15, -0.1) is 35.9 Å². The minimum absolute atomic E-state index is 0. The van der Waals surface area contributed by atoms with Gasteiger partial charge in [0.15, 0.2) is 0 Å². The average molecular weight is 1090 g/mol. The van der Waals surface area contributed by atoms with Crippen molar-refractivity contribution < 1.29 is 30.7 Å². The summed E-state index contributed by atoms with van der Waals surface area (Å²) in [5, 5.41) is 12.5. The number of aryl methyl sites for hydroxylation is 3. The van der Waals surface area contributed by atoms with Crippen molar-refractivity contribution in [2.75, 3.05) is 0 Å². The van der Waals surface area contributed by atoms with E-state index in [0.29, 0.717) is 11.4 Å². The minimum atomic E-state index is -0.321. The van der Waals surface area contributed by atoms with Crippen molar-refractivity contribution in [3.05, 3.63) is 204 Å². The molecule has 0 bridgehead atoms. The van der Waals surface area contributed by atoms with Crippen LogP contribution >= 0.6 is 0 Å². The molecule has 1 N–H and O–H groups in total. The Labute approximate surface area is 427 Å². The number of para-hydroxylation sites is 1. The zero-order chi connectivity index (χ0) is 47.9. The maximum absolute atomic E-state index is 12.5. The third kappa shape index (κ3) is 8.03. The van der Waals surface area contributed by atoms with Crippen LogP contribution in [0.1, 0.15) is 69.4 Å². The molecule has 10 aromatic rings. The fourth-order valence-electron chi connectivity index (χ4n) is 10.6. The van der Waals surface area contributed by atoms with Gasteiger partial charge >= 0.3 is 21.1 Å². The first-order valence-electron chi connectivity index (χ1n) is 24.0. The van der Waals surface area contributed by atoms with Gasteiger partial charge in [0.25, 0.3) is 0 Å². The number of phenolic OH excluding ortho intramolecular Hbond substituents is 1. The molecule has 70 heavy (non-hydrogen) atoms. The zero-order valence-electron chi connectivity index (χ0n) is 41.3. The van der Waals surface area contributed by atoms with Gasteiger partial charge in [0, 0.05) is 11.1 Å². The second-order valence-electron chi connectivity index (χ2n) is 20.9. The van der Waals surface area contributed by atoms with E-state index in [1.165, 1.54) is 50.1 Å². The molecule has 346 valence electrons. The van der Waals surface area contributed by atoms with Gasteiger partial charge in [0.1, 0.15) is 11.6 Å². The van der Waals surface area contributed by atoms with Crippen LogP contribution in [0.5, 0.6) is 5.75 Å². The molecule has 0 saturated carbocycles. The van der Waals surface area contributed by atoms with E-state index in [0.717, 1.165) is 72.6 Å². The van der Waals surface area contributed by atoms with E-state index in [-0.39, 0.29) is 37.6 Å². The Bertz CT molecular complexity index is 3650. The summed E-state index contributed by atoms with van der Waals surface area (Å²) in [5.74, 6) is 0.946. The largest absolute Gasteiger partial charge is 2.00 e. The summed E-state index contributed by atoms with van der Waals surface area (Å²) < 4.78 is 2.27. The quantitative estimate of drug-likeness (QED) is 0.138. The van der Waals surface area contributed by atoms with E-state index in [1.807, 2.05) is 18.2 Å². The van der Waals surface area contributed by atoms with Crippen LogP contribution in [0.25, 0.3) is 106 Å². The van der Waals surface area contributed by atoms with Gasteiger partial charge in [-0.3, -0.25) is 9.55 Å². The van der Waals surface area contributed by atoms with E-state index >= 15 is 0 Å². The summed E-state index contributed by atoms with van der Waals surface area (Å²) in [5.41, 5.74) is 23.7. The first kappa shape index (κ1) is 46.6. The standard InChI is InChI=1S/C65H56N3O.Pt/c1-39-32-40(2)61(41(3)33-39)68-59-29-19-28-53(60(59)67-63(68)55-37-45(64(4,5)6)38-56(62(55)69)65(7,8)9)58-36-44(35-57(66-58)42-20-11-10-12-21-42)43-30-31-52-50-26-16-15-24-48(50)46-22-13-14-23-47(46)49-25-17-18-27-51(49)54(52)34-43;/h10-20,22-38H,1-9H3,(H,66,67,69);/q-1;+2. The molecule has 1 aliphatic rings. The van der Waals surface area contributed by atoms with Gasteiger partial charge in [0.05, 0.1) is 28.0 Å². The van der Waals surface area contributed by atoms with Gasteiger partial charge < -0.3 is 5.11 Å². The Hall–Kier alpha value is -7.13. The van der Waals surface area contributed by atoms with E-state index < -0.39 is 0 Å². The van der Waals surface area contributed by atoms with Crippen LogP contribution in [-0.2, 0) is 31.9 Å². The fourth-order valence-corrected chi connectivity index (χ4v) is 10.6. The van der Waals surface area contributed by atoms with Gasteiger partial charge in [-0.05, 0) is 134 Å². The SMILES string of the molecule is Cc1cc(C)c(-[n+]2c(-c3cc(C(C)(C)C)cc(C(C)(C)C)c3O)[n-]c3c(-c4cc(-c5ccc6c(c5)-c5ccccc5-c5ccccc5-c5ccccc5-6)cc(-c5[c-]cccc5)n4)cccc32)c(C)c1.[Pt+2]. The van der Waals surface area contributed by atoms with Crippen LogP contribution in [0.15, 0.2) is 170 Å². The molecule has 4 nitrogen and oxygen atoms in total. The van der Waals surface area contributed by atoms with Crippen molar-refractivity contribution in [2.24, 2.45) is 0 Å². The monoisotopic (exact) mass is 1090 g/mol. The minimum Gasteiger partial charge on any atom is -0.507 e. The number of imidazole rings is 1. The van der Waals surface area contributed by atoms with Crippen molar-refractivity contribution in [3.63, 3.8) is 0 Å². The molecule has 0 radical (unpaired) electrons. The Balaban J connectivity index is 0.00000567. The van der Waals surface area contributed by atoms with Gasteiger partial charge in [0.2, 0.25) is 0 Å². The predicted octanol–water partition coefficient (Wildman–Crippen LogP) is 16.1. The fraction of sp³-hybridized carbons (Fsp3) is 0.169. The van der Waals surface area contributed by atoms with Crippen molar-refractivity contribution >= 4 is 11.0 Å². The molecule has 2 heterocycles. The Morgan fingerprint density at radius 2 is 1.04 bits per heavy atom. The number of nitrogens with zero attached hydrogens (tertiary/aromatic N) is 3. The molecule has 5 heteroatoms. The molecule has 0 fully saturated rings. The average Bonchev–Trinajstić information content (AvgIpc) is 3.71. The van der Waals surface area contributed by atoms with E-state index in [9.17, 15) is 5.11 Å². The molecule has 2 aromatic heterocycles. The number of rotatable bonds is 5. The van der Waals surface area contributed by atoms with E-state index in [4.69, 9.17) is 9.97 Å². The molecule has 0 atom stereocenters. The molecule has 0 spiro atoms. The smallest absolute Gasteiger partial charge is 0.507 e. The van der Waals surface area contributed by atoms with E-state index in [2.05, 4.69) is 225 Å². The van der Waals surface area contributed by atoms with Crippen LogP contribution in [0, 0.1) is 26.8 Å². The van der Waals surface area contributed by atoms with E-state index in [1.54, 1.807) is 0 Å². The number of pyridine rings is 1. The number of hydrogen-bond donors (Lipinski definition) is 1. The van der Waals surface area contributed by atoms with Crippen LogP contribution in [-0.4, -0.2) is 10.1 Å². The Morgan fingerprint density at radius 3 is 1.60 bits per heavy atom. The molecule has 0 saturated heterocycles. The Morgan fingerprint density at radius 1 is 0.500 bits per heavy atom. The normalized spacial score (nSPS) is 12.0. The van der Waals surface area contributed by atoms with Crippen molar-refractivity contribution in [2.45, 2.75) is 73.1 Å². The van der Waals surface area contributed by atoms with Crippen molar-refractivity contribution in [3.8, 4) is 101 Å². The zero-order valence-corrected chi connectivity index (χ0v) is 43.5. The van der Waals surface area contributed by atoms with Crippen LogP contribution < -0.4 is 9.55 Å². The van der Waals surface area contributed by atoms with Crippen LogP contribution in [0.2, 0.25) is 0 Å². The number of aromatic nitrogens is 3. The first-order valence-corrected chi connectivity index (χ1v) is 24.0. The number of fused-ring (bicyclic) bond motifs is 9. The second-order valence-corrected chi connectivity index (χ2v) is 20.9. The van der Waals surface area contributed by atoms with Crippen molar-refractivity contribution in [1.82, 2.24) is 9.97 Å². The predicted molar refractivity (Wildman–Crippen MR) is 286 cm³/mol. The third-order valence-electron chi connectivity index (χ3n) is 14.0. The Kier molecular flexibility index (Phi) is 11.8. The molecule has 0 amide bonds. The number of hydrogen-bond acceptors (Lipinski definition) is 2. The molecular weight excluding hydrogens is 1030 g/mol. The van der Waals surface area contributed by atoms with Crippen LogP contribution in [0.3, 0.4) is 0 Å². The summed E-state index contributed by atoms with van der Waals surface area (Å²) in [7, 11) is 0. The van der Waals surface area contributed by atoms with Crippen LogP contribution in [0.4, 0.5) is 0 Å². The van der Waals surface area contributed by atoms with Crippen molar-refractivity contribution in [1.29, 1.82) is 0 Å². The molecular formula is C65H56N3OPt+. The summed E-state index contributed by atoms with van der Waals surface area (Å²) in [6.07, 6.45) is 0. The maximum Gasteiger partial charge on any atom is 2.00 e. The molecule has 1 aliphatic carbocycles.